The third kappa shape index (κ3) is 17.1. The zero-order chi connectivity index (χ0) is 15.8. The smallest absolute Gasteiger partial charge is 0.303 e. The topological polar surface area (TPSA) is 57.5 Å². The molecular weight excluding hydrogens is 264 g/mol. The van der Waals surface area contributed by atoms with Gasteiger partial charge in [0.2, 0.25) is 0 Å². The molecule has 0 saturated carbocycles. The molecule has 0 aromatic rings. The quantitative estimate of drug-likeness (QED) is 0.327. The van der Waals surface area contributed by atoms with Crippen molar-refractivity contribution in [2.45, 2.75) is 96.5 Å². The summed E-state index contributed by atoms with van der Waals surface area (Å²) in [7, 11) is 0. The lowest BCUT2D eigenvalue weighted by molar-refractivity contribution is -0.137. The van der Waals surface area contributed by atoms with Crippen LogP contribution >= 0.6 is 0 Å². The van der Waals surface area contributed by atoms with Gasteiger partial charge < -0.3 is 10.2 Å². The Morgan fingerprint density at radius 1 is 0.952 bits per heavy atom. The number of unbranched alkanes of at least 4 members (excludes halogenated alkanes) is 9. The molecule has 0 aromatic heterocycles. The number of carboxylic acids is 1. The van der Waals surface area contributed by atoms with E-state index in [1.54, 1.807) is 0 Å². The van der Waals surface area contributed by atoms with Crippen molar-refractivity contribution >= 4 is 5.97 Å². The minimum Gasteiger partial charge on any atom is -0.481 e. The standard InChI is InChI=1S/C18H34O3/c1-2-3-4-5-6-8-11-14-17(19)15-12-9-7-10-13-16-18(20)21/h11,14,17,19H,2-10,12-13,15-16H2,1H3,(H,20,21)/b14-11+. The molecule has 0 heterocycles. The van der Waals surface area contributed by atoms with Crippen molar-refractivity contribution in [1.29, 1.82) is 0 Å². The first kappa shape index (κ1) is 20.2. The lowest BCUT2D eigenvalue weighted by atomic mass is 10.1. The van der Waals surface area contributed by atoms with Gasteiger partial charge in [0.25, 0.3) is 0 Å². The Hall–Kier alpha value is -0.830. The molecule has 0 amide bonds. The van der Waals surface area contributed by atoms with Crippen LogP contribution in [0, 0.1) is 0 Å². The summed E-state index contributed by atoms with van der Waals surface area (Å²) in [6, 6.07) is 0. The van der Waals surface area contributed by atoms with Gasteiger partial charge in [-0.15, -0.1) is 0 Å². The van der Waals surface area contributed by atoms with Crippen LogP contribution in [0.4, 0.5) is 0 Å². The number of aliphatic hydroxyl groups excluding tert-OH is 1. The van der Waals surface area contributed by atoms with E-state index in [1.807, 2.05) is 6.08 Å². The van der Waals surface area contributed by atoms with Gasteiger partial charge in [0.05, 0.1) is 6.10 Å². The minimum absolute atomic E-state index is 0.281. The van der Waals surface area contributed by atoms with Gasteiger partial charge in [0, 0.05) is 6.42 Å². The van der Waals surface area contributed by atoms with Gasteiger partial charge in [0.15, 0.2) is 0 Å². The first-order valence-electron chi connectivity index (χ1n) is 8.73. The maximum absolute atomic E-state index is 10.3. The molecule has 1 atom stereocenters. The molecule has 0 bridgehead atoms. The number of hydrogen-bond donors (Lipinski definition) is 2. The second-order valence-electron chi connectivity index (χ2n) is 5.90. The van der Waals surface area contributed by atoms with Crippen LogP contribution in [0.15, 0.2) is 12.2 Å². The van der Waals surface area contributed by atoms with E-state index in [9.17, 15) is 9.90 Å². The number of hydrogen-bond acceptors (Lipinski definition) is 2. The number of allylic oxidation sites excluding steroid dienone is 1. The van der Waals surface area contributed by atoms with Gasteiger partial charge in [-0.05, 0) is 25.7 Å². The van der Waals surface area contributed by atoms with Gasteiger partial charge in [-0.25, -0.2) is 0 Å². The van der Waals surface area contributed by atoms with Crippen LogP contribution in [0.25, 0.3) is 0 Å². The number of carboxylic acid groups (broad SMARTS) is 1. The van der Waals surface area contributed by atoms with Crippen LogP contribution in [0.1, 0.15) is 90.4 Å². The molecule has 0 spiro atoms. The highest BCUT2D eigenvalue weighted by atomic mass is 16.4. The van der Waals surface area contributed by atoms with E-state index < -0.39 is 5.97 Å². The van der Waals surface area contributed by atoms with E-state index in [0.29, 0.717) is 0 Å². The van der Waals surface area contributed by atoms with E-state index in [0.717, 1.165) is 44.9 Å². The molecule has 21 heavy (non-hydrogen) atoms. The predicted molar refractivity (Wildman–Crippen MR) is 88.5 cm³/mol. The van der Waals surface area contributed by atoms with Crippen molar-refractivity contribution in [2.24, 2.45) is 0 Å². The highest BCUT2D eigenvalue weighted by Crippen LogP contribution is 2.10. The third-order valence-electron chi connectivity index (χ3n) is 3.72. The van der Waals surface area contributed by atoms with Crippen LogP contribution in [-0.2, 0) is 4.79 Å². The lowest BCUT2D eigenvalue weighted by Crippen LogP contribution is -2.01. The third-order valence-corrected chi connectivity index (χ3v) is 3.72. The Bertz CT molecular complexity index is 261. The van der Waals surface area contributed by atoms with E-state index in [1.165, 1.54) is 32.1 Å². The average molecular weight is 298 g/mol. The van der Waals surface area contributed by atoms with Crippen molar-refractivity contribution in [3.05, 3.63) is 12.2 Å². The van der Waals surface area contributed by atoms with E-state index in [2.05, 4.69) is 13.0 Å². The van der Waals surface area contributed by atoms with Crippen molar-refractivity contribution in [3.8, 4) is 0 Å². The molecule has 3 heteroatoms. The molecule has 0 rings (SSSR count). The van der Waals surface area contributed by atoms with Crippen molar-refractivity contribution in [2.75, 3.05) is 0 Å². The lowest BCUT2D eigenvalue weighted by Gasteiger charge is -2.05. The van der Waals surface area contributed by atoms with Crippen LogP contribution in [0.2, 0.25) is 0 Å². The number of aliphatic hydroxyl groups is 1. The van der Waals surface area contributed by atoms with Gasteiger partial charge >= 0.3 is 5.97 Å². The minimum atomic E-state index is -0.703. The fourth-order valence-corrected chi connectivity index (χ4v) is 2.38. The maximum Gasteiger partial charge on any atom is 0.303 e. The van der Waals surface area contributed by atoms with Crippen LogP contribution in [0.3, 0.4) is 0 Å². The molecule has 3 nitrogen and oxygen atoms in total. The first-order valence-corrected chi connectivity index (χ1v) is 8.73. The zero-order valence-electron chi connectivity index (χ0n) is 13.7. The highest BCUT2D eigenvalue weighted by molar-refractivity contribution is 5.66. The summed E-state index contributed by atoms with van der Waals surface area (Å²) >= 11 is 0. The molecule has 0 radical (unpaired) electrons. The molecular formula is C18H34O3. The average Bonchev–Trinajstić information content (AvgIpc) is 2.45. The predicted octanol–water partition coefficient (Wildman–Crippen LogP) is 5.08. The Morgan fingerprint density at radius 3 is 2.29 bits per heavy atom. The fourth-order valence-electron chi connectivity index (χ4n) is 2.38. The molecule has 0 aliphatic heterocycles. The molecule has 0 aliphatic carbocycles. The monoisotopic (exact) mass is 298 g/mol. The summed E-state index contributed by atoms with van der Waals surface area (Å²) in [4.78, 5) is 10.3. The van der Waals surface area contributed by atoms with E-state index >= 15 is 0 Å². The largest absolute Gasteiger partial charge is 0.481 e. The SMILES string of the molecule is CCCCCCC/C=C/C(O)CCCCCCCC(=O)O. The Balaban J connectivity index is 3.29. The Morgan fingerprint density at radius 2 is 1.57 bits per heavy atom. The second-order valence-corrected chi connectivity index (χ2v) is 5.90. The molecule has 0 aliphatic rings. The van der Waals surface area contributed by atoms with Gasteiger partial charge in [0.1, 0.15) is 0 Å². The van der Waals surface area contributed by atoms with Crippen LogP contribution in [-0.4, -0.2) is 22.3 Å². The van der Waals surface area contributed by atoms with E-state index in [4.69, 9.17) is 5.11 Å². The molecule has 2 N–H and O–H groups in total. The Labute approximate surface area is 130 Å². The molecule has 0 saturated heterocycles. The van der Waals surface area contributed by atoms with Crippen LogP contribution in [0.5, 0.6) is 0 Å². The van der Waals surface area contributed by atoms with Gasteiger partial charge in [-0.1, -0.05) is 70.4 Å². The summed E-state index contributed by atoms with van der Waals surface area (Å²) < 4.78 is 0. The van der Waals surface area contributed by atoms with Crippen molar-refractivity contribution < 1.29 is 15.0 Å². The Kier molecular flexibility index (Phi) is 14.9. The van der Waals surface area contributed by atoms with Crippen molar-refractivity contribution in [1.82, 2.24) is 0 Å². The molecule has 124 valence electrons. The fraction of sp³-hybridized carbons (Fsp3) is 0.833. The molecule has 0 aromatic carbocycles. The number of carbonyl (C=O) groups is 1. The molecule has 0 fully saturated rings. The summed E-state index contributed by atoms with van der Waals surface area (Å²) in [5, 5.41) is 18.3. The summed E-state index contributed by atoms with van der Waals surface area (Å²) in [6.07, 6.45) is 17.3. The summed E-state index contributed by atoms with van der Waals surface area (Å²) in [5.41, 5.74) is 0. The number of aliphatic carboxylic acids is 1. The van der Waals surface area contributed by atoms with E-state index in [-0.39, 0.29) is 12.5 Å². The first-order chi connectivity index (χ1) is 10.2. The zero-order valence-corrected chi connectivity index (χ0v) is 13.7. The second kappa shape index (κ2) is 15.6. The highest BCUT2D eigenvalue weighted by Gasteiger charge is 2.00. The molecule has 1 unspecified atom stereocenters. The van der Waals surface area contributed by atoms with Crippen molar-refractivity contribution in [3.63, 3.8) is 0 Å². The van der Waals surface area contributed by atoms with Crippen LogP contribution < -0.4 is 0 Å². The number of rotatable bonds is 15. The van der Waals surface area contributed by atoms with Gasteiger partial charge in [-0.2, -0.15) is 0 Å². The maximum atomic E-state index is 10.3. The normalized spacial score (nSPS) is 12.9. The summed E-state index contributed by atoms with van der Waals surface area (Å²) in [5.74, 6) is -0.703. The summed E-state index contributed by atoms with van der Waals surface area (Å²) in [6.45, 7) is 2.22. The van der Waals surface area contributed by atoms with Gasteiger partial charge in [-0.3, -0.25) is 4.79 Å².